The highest BCUT2D eigenvalue weighted by Gasteiger charge is 2.02. The number of nitrogens with zero attached hydrogens (tertiary/aromatic N) is 2. The monoisotopic (exact) mass is 205 g/mol. The quantitative estimate of drug-likeness (QED) is 0.796. The van der Waals surface area contributed by atoms with Gasteiger partial charge in [0.05, 0.1) is 0 Å². The average molecular weight is 205 g/mol. The fraction of sp³-hybridized carbons (Fsp3) is 0.455. The zero-order chi connectivity index (χ0) is 11.1. The Morgan fingerprint density at radius 2 is 2.47 bits per heavy atom. The number of nitriles is 1. The minimum Gasteiger partial charge on any atom is -0.385 e. The molecule has 1 N–H and O–H groups in total. The Bertz CT molecular complexity index is 346. The Kier molecular flexibility index (Phi) is 4.58. The normalized spacial score (nSPS) is 11.8. The van der Waals surface area contributed by atoms with Crippen LogP contribution in [0.3, 0.4) is 0 Å². The van der Waals surface area contributed by atoms with Crippen molar-refractivity contribution in [3.63, 3.8) is 0 Å². The Morgan fingerprint density at radius 3 is 3.13 bits per heavy atom. The second-order valence-electron chi connectivity index (χ2n) is 3.37. The van der Waals surface area contributed by atoms with E-state index in [-0.39, 0.29) is 0 Å². The Morgan fingerprint density at radius 1 is 1.67 bits per heavy atom. The topological polar surface area (TPSA) is 57.9 Å². The van der Waals surface area contributed by atoms with Crippen LogP contribution in [0.4, 0.5) is 5.69 Å². The second kappa shape index (κ2) is 5.99. The molecule has 4 nitrogen and oxygen atoms in total. The lowest BCUT2D eigenvalue weighted by molar-refractivity contribution is 0.191. The minimum absolute atomic E-state index is 0.318. The maximum absolute atomic E-state index is 8.68. The lowest BCUT2D eigenvalue weighted by atomic mass is 10.2. The lowest BCUT2D eigenvalue weighted by Crippen LogP contribution is -2.17. The summed E-state index contributed by atoms with van der Waals surface area (Å²) >= 11 is 0. The first-order valence-corrected chi connectivity index (χ1v) is 4.88. The highest BCUT2D eigenvalue weighted by atomic mass is 16.5. The van der Waals surface area contributed by atoms with Gasteiger partial charge in [0.25, 0.3) is 0 Å². The lowest BCUT2D eigenvalue weighted by Gasteiger charge is -2.14. The summed E-state index contributed by atoms with van der Waals surface area (Å²) in [6.45, 7) is 2.80. The first kappa shape index (κ1) is 11.5. The van der Waals surface area contributed by atoms with Crippen LogP contribution in [0.15, 0.2) is 18.3 Å². The van der Waals surface area contributed by atoms with Gasteiger partial charge in [0.1, 0.15) is 11.8 Å². The van der Waals surface area contributed by atoms with E-state index >= 15 is 0 Å². The molecule has 1 aromatic rings. The number of hydrogen-bond acceptors (Lipinski definition) is 4. The van der Waals surface area contributed by atoms with E-state index in [0.29, 0.717) is 11.7 Å². The number of hydrogen-bond donors (Lipinski definition) is 1. The highest BCUT2D eigenvalue weighted by Crippen LogP contribution is 2.09. The van der Waals surface area contributed by atoms with Gasteiger partial charge in [0.2, 0.25) is 0 Å². The molecule has 15 heavy (non-hydrogen) atoms. The molecular formula is C11H15N3O. The van der Waals surface area contributed by atoms with Gasteiger partial charge in [-0.25, -0.2) is 4.98 Å². The van der Waals surface area contributed by atoms with Gasteiger partial charge < -0.3 is 10.1 Å². The van der Waals surface area contributed by atoms with Gasteiger partial charge in [0.15, 0.2) is 0 Å². The van der Waals surface area contributed by atoms with Crippen molar-refractivity contribution in [2.75, 3.05) is 19.0 Å². The van der Waals surface area contributed by atoms with E-state index in [9.17, 15) is 0 Å². The minimum atomic E-state index is 0.318. The van der Waals surface area contributed by atoms with Gasteiger partial charge >= 0.3 is 0 Å². The van der Waals surface area contributed by atoms with Crippen LogP contribution < -0.4 is 5.32 Å². The van der Waals surface area contributed by atoms with Crippen molar-refractivity contribution in [1.82, 2.24) is 4.98 Å². The molecule has 0 aromatic carbocycles. The van der Waals surface area contributed by atoms with Crippen molar-refractivity contribution >= 4 is 5.69 Å². The first-order chi connectivity index (χ1) is 7.26. The Balaban J connectivity index is 2.53. The Labute approximate surface area is 89.9 Å². The van der Waals surface area contributed by atoms with Gasteiger partial charge in [-0.1, -0.05) is 0 Å². The molecule has 1 unspecified atom stereocenters. The zero-order valence-corrected chi connectivity index (χ0v) is 9.03. The van der Waals surface area contributed by atoms with Crippen molar-refractivity contribution in [2.24, 2.45) is 0 Å². The molecule has 0 aliphatic rings. The standard InChI is InChI=1S/C11H15N3O/c1-9(4-6-15-2)14-10-3-5-13-11(7-10)8-12/h3,5,7,9H,4,6H2,1-2H3,(H,13,14). The van der Waals surface area contributed by atoms with Crippen molar-refractivity contribution in [1.29, 1.82) is 5.26 Å². The van der Waals surface area contributed by atoms with Gasteiger partial charge in [-0.05, 0) is 25.5 Å². The van der Waals surface area contributed by atoms with E-state index in [1.165, 1.54) is 0 Å². The van der Waals surface area contributed by atoms with Crippen LogP contribution in [0, 0.1) is 11.3 Å². The molecule has 0 amide bonds. The maximum Gasteiger partial charge on any atom is 0.142 e. The predicted molar refractivity (Wildman–Crippen MR) is 58.5 cm³/mol. The fourth-order valence-electron chi connectivity index (χ4n) is 1.23. The molecule has 0 spiro atoms. The number of pyridine rings is 1. The maximum atomic E-state index is 8.68. The highest BCUT2D eigenvalue weighted by molar-refractivity contribution is 5.46. The van der Waals surface area contributed by atoms with Crippen LogP contribution in [-0.2, 0) is 4.74 Å². The predicted octanol–water partition coefficient (Wildman–Crippen LogP) is 1.79. The summed E-state index contributed by atoms with van der Waals surface area (Å²) in [5.41, 5.74) is 1.35. The summed E-state index contributed by atoms with van der Waals surface area (Å²) in [6, 6.07) is 5.92. The Hall–Kier alpha value is -1.60. The van der Waals surface area contributed by atoms with Crippen molar-refractivity contribution < 1.29 is 4.74 Å². The second-order valence-corrected chi connectivity index (χ2v) is 3.37. The van der Waals surface area contributed by atoms with Crippen LogP contribution in [0.1, 0.15) is 19.0 Å². The first-order valence-electron chi connectivity index (χ1n) is 4.88. The molecular weight excluding hydrogens is 190 g/mol. The molecule has 0 saturated carbocycles. The smallest absolute Gasteiger partial charge is 0.142 e. The molecule has 0 aliphatic carbocycles. The van der Waals surface area contributed by atoms with E-state index in [1.807, 2.05) is 12.1 Å². The van der Waals surface area contributed by atoms with E-state index in [2.05, 4.69) is 17.2 Å². The van der Waals surface area contributed by atoms with Crippen LogP contribution in [0.25, 0.3) is 0 Å². The average Bonchev–Trinajstić information content (AvgIpc) is 2.26. The summed E-state index contributed by atoms with van der Waals surface area (Å²) in [5, 5.41) is 12.0. The molecule has 4 heteroatoms. The number of methoxy groups -OCH3 is 1. The van der Waals surface area contributed by atoms with Crippen molar-refractivity contribution in [3.05, 3.63) is 24.0 Å². The van der Waals surface area contributed by atoms with Gasteiger partial charge in [0, 0.05) is 31.6 Å². The summed E-state index contributed by atoms with van der Waals surface area (Å²) in [6.07, 6.45) is 2.56. The summed E-state index contributed by atoms with van der Waals surface area (Å²) in [5.74, 6) is 0. The SMILES string of the molecule is COCCC(C)Nc1ccnc(C#N)c1. The van der Waals surface area contributed by atoms with Gasteiger partial charge in [-0.2, -0.15) is 5.26 Å². The number of rotatable bonds is 5. The third-order valence-corrected chi connectivity index (χ3v) is 2.04. The molecule has 0 aliphatic heterocycles. The molecule has 0 radical (unpaired) electrons. The molecule has 1 heterocycles. The van der Waals surface area contributed by atoms with Gasteiger partial charge in [-0.3, -0.25) is 0 Å². The van der Waals surface area contributed by atoms with Crippen LogP contribution in [-0.4, -0.2) is 24.7 Å². The third kappa shape index (κ3) is 3.96. The van der Waals surface area contributed by atoms with Crippen LogP contribution >= 0.6 is 0 Å². The van der Waals surface area contributed by atoms with E-state index in [1.54, 1.807) is 19.4 Å². The van der Waals surface area contributed by atoms with Crippen molar-refractivity contribution in [2.45, 2.75) is 19.4 Å². The number of anilines is 1. The van der Waals surface area contributed by atoms with Crippen LogP contribution in [0.5, 0.6) is 0 Å². The summed E-state index contributed by atoms with van der Waals surface area (Å²) in [4.78, 5) is 3.90. The van der Waals surface area contributed by atoms with E-state index < -0.39 is 0 Å². The molecule has 0 bridgehead atoms. The number of aromatic nitrogens is 1. The molecule has 1 aromatic heterocycles. The molecule has 0 fully saturated rings. The molecule has 0 saturated heterocycles. The van der Waals surface area contributed by atoms with Crippen LogP contribution in [0.2, 0.25) is 0 Å². The largest absolute Gasteiger partial charge is 0.385 e. The zero-order valence-electron chi connectivity index (χ0n) is 9.03. The molecule has 1 atom stereocenters. The van der Waals surface area contributed by atoms with Crippen molar-refractivity contribution in [3.8, 4) is 6.07 Å². The summed E-state index contributed by atoms with van der Waals surface area (Å²) in [7, 11) is 1.69. The molecule has 1 rings (SSSR count). The van der Waals surface area contributed by atoms with Gasteiger partial charge in [-0.15, -0.1) is 0 Å². The fourth-order valence-corrected chi connectivity index (χ4v) is 1.23. The third-order valence-electron chi connectivity index (χ3n) is 2.04. The molecule has 80 valence electrons. The van der Waals surface area contributed by atoms with E-state index in [4.69, 9.17) is 10.00 Å². The summed E-state index contributed by atoms with van der Waals surface area (Å²) < 4.78 is 4.99. The van der Waals surface area contributed by atoms with E-state index in [0.717, 1.165) is 18.7 Å². The number of ether oxygens (including phenoxy) is 1. The number of nitrogens with one attached hydrogen (secondary N) is 1.